The summed E-state index contributed by atoms with van der Waals surface area (Å²) in [6.07, 6.45) is -3.64. The molecule has 1 aromatic heterocycles. The minimum absolute atomic E-state index is 0.0279. The molecule has 0 radical (unpaired) electrons. The maximum Gasteiger partial charge on any atom is 0.417 e. The van der Waals surface area contributed by atoms with Crippen molar-refractivity contribution in [2.24, 2.45) is 15.4 Å². The molecule has 1 fully saturated rings. The Morgan fingerprint density at radius 1 is 1.31 bits per heavy atom. The van der Waals surface area contributed by atoms with Crippen molar-refractivity contribution in [3.05, 3.63) is 52.3 Å². The Morgan fingerprint density at radius 3 is 2.69 bits per heavy atom. The number of hydrogen-bond donors (Lipinski definition) is 2. The van der Waals surface area contributed by atoms with E-state index in [1.54, 1.807) is 16.0 Å². The van der Waals surface area contributed by atoms with Crippen LogP contribution in [0.5, 0.6) is 0 Å². The number of aliphatic hydroxyl groups excluding tert-OH is 1. The second-order valence-corrected chi connectivity index (χ2v) is 8.89. The second-order valence-electron chi connectivity index (χ2n) is 8.51. The maximum absolute atomic E-state index is 13.3. The van der Waals surface area contributed by atoms with Crippen LogP contribution >= 0.6 is 11.6 Å². The van der Waals surface area contributed by atoms with E-state index in [9.17, 15) is 18.3 Å². The van der Waals surface area contributed by atoms with Gasteiger partial charge in [-0.3, -0.25) is 10.00 Å². The van der Waals surface area contributed by atoms with Gasteiger partial charge in [0.05, 0.1) is 28.0 Å². The van der Waals surface area contributed by atoms with Crippen molar-refractivity contribution in [1.29, 1.82) is 0 Å². The van der Waals surface area contributed by atoms with E-state index in [1.807, 2.05) is 20.2 Å². The van der Waals surface area contributed by atoms with Gasteiger partial charge in [-0.1, -0.05) is 30.7 Å². The molecule has 2 aromatic rings. The second kappa shape index (κ2) is 8.17. The lowest BCUT2D eigenvalue weighted by molar-refractivity contribution is -0.137. The zero-order valence-electron chi connectivity index (χ0n) is 17.9. The molecule has 0 amide bonds. The highest BCUT2D eigenvalue weighted by atomic mass is 35.5. The lowest BCUT2D eigenvalue weighted by atomic mass is 9.71. The summed E-state index contributed by atoms with van der Waals surface area (Å²) in [6, 6.07) is 5.16. The smallest absolute Gasteiger partial charge is 0.374 e. The van der Waals surface area contributed by atoms with Gasteiger partial charge in [-0.25, -0.2) is 9.98 Å². The molecule has 0 spiro atoms. The number of rotatable bonds is 3. The minimum atomic E-state index is -4.60. The van der Waals surface area contributed by atoms with E-state index in [0.717, 1.165) is 17.5 Å². The van der Waals surface area contributed by atoms with Gasteiger partial charge in [0.15, 0.2) is 0 Å². The first-order valence-electron chi connectivity index (χ1n) is 10.1. The molecule has 3 atom stereocenters. The Bertz CT molecular complexity index is 1050. The number of alkyl halides is 3. The molecule has 0 bridgehead atoms. The molecule has 0 aliphatic carbocycles. The van der Waals surface area contributed by atoms with Gasteiger partial charge in [0.25, 0.3) is 0 Å². The summed E-state index contributed by atoms with van der Waals surface area (Å²) in [5.41, 5.74) is 0.253. The Labute approximate surface area is 188 Å². The maximum atomic E-state index is 13.3. The van der Waals surface area contributed by atoms with Gasteiger partial charge in [-0.15, -0.1) is 0 Å². The van der Waals surface area contributed by atoms with Crippen LogP contribution in [0.1, 0.15) is 36.4 Å². The van der Waals surface area contributed by atoms with Crippen molar-refractivity contribution < 1.29 is 18.3 Å². The summed E-state index contributed by atoms with van der Waals surface area (Å²) in [4.78, 5) is 13.1. The van der Waals surface area contributed by atoms with Crippen molar-refractivity contribution in [1.82, 2.24) is 20.0 Å². The number of nitrogens with one attached hydrogen (secondary N) is 1. The van der Waals surface area contributed by atoms with E-state index in [0.29, 0.717) is 25.5 Å². The van der Waals surface area contributed by atoms with Crippen molar-refractivity contribution in [2.75, 3.05) is 27.2 Å². The van der Waals surface area contributed by atoms with Crippen molar-refractivity contribution in [2.45, 2.75) is 31.8 Å². The molecular weight excluding hydrogens is 445 g/mol. The summed E-state index contributed by atoms with van der Waals surface area (Å²) < 4.78 is 39.8. The Hall–Kier alpha value is -2.43. The summed E-state index contributed by atoms with van der Waals surface area (Å²) in [5.74, 6) is 0.533. The standard InChI is InChI=1S/C21H24ClF3N6O/c1-20-8-10-31(18(32)12-5-4-6-13(16(12)22)21(23,24)25)11-15(20)27-19(30(2)3)28-17(20)14-7-9-26-29-14/h4-7,9,15,18,32H,8,10-11H2,1-3H3,(H,26,29). The number of aliphatic hydroxyl groups is 1. The number of likely N-dealkylation sites (tertiary alicyclic amines) is 1. The summed E-state index contributed by atoms with van der Waals surface area (Å²) >= 11 is 6.06. The number of fused-ring (bicyclic) bond motifs is 1. The van der Waals surface area contributed by atoms with Gasteiger partial charge < -0.3 is 10.0 Å². The monoisotopic (exact) mass is 468 g/mol. The molecule has 11 heteroatoms. The average Bonchev–Trinajstić information content (AvgIpc) is 3.25. The van der Waals surface area contributed by atoms with Crippen LogP contribution < -0.4 is 0 Å². The van der Waals surface area contributed by atoms with Crippen LogP contribution in [0.4, 0.5) is 13.2 Å². The molecule has 2 aliphatic heterocycles. The molecule has 2 N–H and O–H groups in total. The molecule has 0 saturated carbocycles. The fraction of sp³-hybridized carbons (Fsp3) is 0.476. The van der Waals surface area contributed by atoms with Gasteiger partial charge in [0, 0.05) is 44.4 Å². The largest absolute Gasteiger partial charge is 0.417 e. The third-order valence-electron chi connectivity index (χ3n) is 6.20. The van der Waals surface area contributed by atoms with E-state index in [2.05, 4.69) is 17.1 Å². The van der Waals surface area contributed by atoms with E-state index in [-0.39, 0.29) is 11.6 Å². The Kier molecular flexibility index (Phi) is 5.81. The summed E-state index contributed by atoms with van der Waals surface area (Å²) in [7, 11) is 3.68. The number of hydrogen-bond acceptors (Lipinski definition) is 6. The summed E-state index contributed by atoms with van der Waals surface area (Å²) in [5, 5.41) is 17.5. The van der Waals surface area contributed by atoms with E-state index in [1.165, 1.54) is 12.1 Å². The topological polar surface area (TPSA) is 80.1 Å². The predicted molar refractivity (Wildman–Crippen MR) is 116 cm³/mol. The number of halogens is 4. The predicted octanol–water partition coefficient (Wildman–Crippen LogP) is 3.57. The van der Waals surface area contributed by atoms with Crippen LogP contribution in [0.25, 0.3) is 0 Å². The quantitative estimate of drug-likeness (QED) is 0.721. The number of piperidine rings is 1. The fourth-order valence-electron chi connectivity index (χ4n) is 4.27. The third kappa shape index (κ3) is 3.91. The molecule has 4 rings (SSSR count). The highest BCUT2D eigenvalue weighted by molar-refractivity contribution is 6.32. The molecule has 32 heavy (non-hydrogen) atoms. The van der Waals surface area contributed by atoms with Crippen molar-refractivity contribution in [3.8, 4) is 0 Å². The number of H-pyrrole nitrogens is 1. The number of nitrogens with zero attached hydrogens (tertiary/aromatic N) is 5. The first-order chi connectivity index (χ1) is 15.0. The molecule has 1 aromatic carbocycles. The van der Waals surface area contributed by atoms with Crippen LogP contribution in [0.2, 0.25) is 5.02 Å². The fourth-order valence-corrected chi connectivity index (χ4v) is 4.60. The van der Waals surface area contributed by atoms with Crippen molar-refractivity contribution >= 4 is 23.3 Å². The Balaban J connectivity index is 1.65. The van der Waals surface area contributed by atoms with Gasteiger partial charge in [-0.2, -0.15) is 18.3 Å². The zero-order chi connectivity index (χ0) is 23.3. The van der Waals surface area contributed by atoms with Crippen LogP contribution in [-0.4, -0.2) is 70.0 Å². The van der Waals surface area contributed by atoms with E-state index in [4.69, 9.17) is 21.6 Å². The van der Waals surface area contributed by atoms with Gasteiger partial charge in [0.2, 0.25) is 5.96 Å². The van der Waals surface area contributed by atoms with E-state index >= 15 is 0 Å². The molecule has 1 saturated heterocycles. The first kappa shape index (κ1) is 22.8. The molecule has 3 unspecified atom stereocenters. The average molecular weight is 469 g/mol. The number of guanidine groups is 1. The molecule has 7 nitrogen and oxygen atoms in total. The summed E-state index contributed by atoms with van der Waals surface area (Å²) in [6.45, 7) is 2.82. The number of benzene rings is 1. The van der Waals surface area contributed by atoms with Gasteiger partial charge in [0.1, 0.15) is 6.23 Å². The van der Waals surface area contributed by atoms with Crippen LogP contribution in [0.15, 0.2) is 40.4 Å². The van der Waals surface area contributed by atoms with E-state index < -0.39 is 28.4 Å². The minimum Gasteiger partial charge on any atom is -0.374 e. The lowest BCUT2D eigenvalue weighted by Crippen LogP contribution is -2.56. The van der Waals surface area contributed by atoms with Gasteiger partial charge in [-0.05, 0) is 18.6 Å². The number of aromatic amines is 1. The normalized spacial score (nSPS) is 25.1. The molecule has 172 valence electrons. The SMILES string of the molecule is CN(C)C1=NC2CN(C(O)c3cccc(C(F)(F)F)c3Cl)CCC2(C)C(c2ccn[nH]2)=N1. The number of aliphatic imine (C=N–C) groups is 2. The first-order valence-corrected chi connectivity index (χ1v) is 10.5. The molecule has 2 aliphatic rings. The highest BCUT2D eigenvalue weighted by Gasteiger charge is 2.48. The van der Waals surface area contributed by atoms with Crippen LogP contribution in [0.3, 0.4) is 0 Å². The van der Waals surface area contributed by atoms with Crippen molar-refractivity contribution in [3.63, 3.8) is 0 Å². The number of aromatic nitrogens is 2. The lowest BCUT2D eigenvalue weighted by Gasteiger charge is -2.47. The van der Waals surface area contributed by atoms with Crippen LogP contribution in [-0.2, 0) is 6.18 Å². The molecule has 3 heterocycles. The third-order valence-corrected chi connectivity index (χ3v) is 6.62. The van der Waals surface area contributed by atoms with Gasteiger partial charge >= 0.3 is 6.18 Å². The zero-order valence-corrected chi connectivity index (χ0v) is 18.6. The highest BCUT2D eigenvalue weighted by Crippen LogP contribution is 2.43. The molecular formula is C21H24ClF3N6O. The Morgan fingerprint density at radius 2 is 2.06 bits per heavy atom. The van der Waals surface area contributed by atoms with Crippen LogP contribution in [0, 0.1) is 5.41 Å².